The third-order valence-electron chi connectivity index (χ3n) is 4.59. The van der Waals surface area contributed by atoms with Crippen LogP contribution in [0, 0.1) is 5.92 Å². The van der Waals surface area contributed by atoms with E-state index in [1.807, 2.05) is 0 Å². The highest BCUT2D eigenvalue weighted by Gasteiger charge is 2.30. The van der Waals surface area contributed by atoms with Crippen LogP contribution in [0.15, 0.2) is 47.1 Å². The van der Waals surface area contributed by atoms with Crippen LogP contribution >= 0.6 is 0 Å². The van der Waals surface area contributed by atoms with E-state index in [1.165, 1.54) is 11.2 Å². The number of likely N-dealkylation sites (tertiary alicyclic amines) is 1. The van der Waals surface area contributed by atoms with Crippen LogP contribution in [0.3, 0.4) is 0 Å². The average molecular weight is 356 g/mol. The highest BCUT2D eigenvalue weighted by Crippen LogP contribution is 2.25. The Balaban J connectivity index is 1.85. The molecule has 136 valence electrons. The summed E-state index contributed by atoms with van der Waals surface area (Å²) in [5.41, 5.74) is 0.817. The Hall–Kier alpha value is -3.09. The van der Waals surface area contributed by atoms with Gasteiger partial charge in [-0.05, 0) is 37.1 Å². The third-order valence-corrected chi connectivity index (χ3v) is 4.59. The van der Waals surface area contributed by atoms with E-state index < -0.39 is 11.9 Å². The first-order chi connectivity index (χ1) is 12.5. The van der Waals surface area contributed by atoms with Gasteiger partial charge in [-0.15, -0.1) is 0 Å². The SMILES string of the molecule is CN(C(=O)c1ccco1)c1ccccc1C(=O)N1CCC[C@H](C(=O)O)C1. The zero-order chi connectivity index (χ0) is 18.7. The first-order valence-electron chi connectivity index (χ1n) is 8.41. The van der Waals surface area contributed by atoms with Gasteiger partial charge in [-0.25, -0.2) is 0 Å². The minimum atomic E-state index is -0.888. The predicted octanol–water partition coefficient (Wildman–Crippen LogP) is 2.49. The maximum atomic E-state index is 13.0. The molecule has 26 heavy (non-hydrogen) atoms. The van der Waals surface area contributed by atoms with E-state index in [4.69, 9.17) is 4.42 Å². The quantitative estimate of drug-likeness (QED) is 0.909. The Kier molecular flexibility index (Phi) is 5.06. The van der Waals surface area contributed by atoms with Crippen molar-refractivity contribution in [2.75, 3.05) is 25.0 Å². The molecule has 1 aliphatic heterocycles. The molecule has 1 fully saturated rings. The molecule has 1 aliphatic rings. The predicted molar refractivity (Wildman–Crippen MR) is 94.1 cm³/mol. The number of benzene rings is 1. The monoisotopic (exact) mass is 356 g/mol. The van der Waals surface area contributed by atoms with Crippen LogP contribution in [0.25, 0.3) is 0 Å². The normalized spacial score (nSPS) is 17.0. The number of para-hydroxylation sites is 1. The minimum absolute atomic E-state index is 0.179. The molecule has 7 nitrogen and oxygen atoms in total. The van der Waals surface area contributed by atoms with Gasteiger partial charge in [0.05, 0.1) is 23.4 Å². The van der Waals surface area contributed by atoms with Crippen molar-refractivity contribution in [3.8, 4) is 0 Å². The van der Waals surface area contributed by atoms with Crippen molar-refractivity contribution in [2.45, 2.75) is 12.8 Å². The van der Waals surface area contributed by atoms with Crippen LogP contribution in [-0.4, -0.2) is 47.9 Å². The molecule has 2 heterocycles. The number of piperidine rings is 1. The van der Waals surface area contributed by atoms with E-state index >= 15 is 0 Å². The lowest BCUT2D eigenvalue weighted by Gasteiger charge is -2.31. The van der Waals surface area contributed by atoms with E-state index in [0.717, 1.165) is 0 Å². The van der Waals surface area contributed by atoms with E-state index in [2.05, 4.69) is 0 Å². The summed E-state index contributed by atoms with van der Waals surface area (Å²) in [6.07, 6.45) is 2.63. The Bertz CT molecular complexity index is 815. The lowest BCUT2D eigenvalue weighted by molar-refractivity contribution is -0.143. The number of carboxylic acid groups (broad SMARTS) is 1. The first kappa shape index (κ1) is 17.7. The zero-order valence-electron chi connectivity index (χ0n) is 14.4. The number of amides is 2. The van der Waals surface area contributed by atoms with E-state index in [-0.39, 0.29) is 24.1 Å². The van der Waals surface area contributed by atoms with Crippen LogP contribution in [0.2, 0.25) is 0 Å². The van der Waals surface area contributed by atoms with Gasteiger partial charge in [0.2, 0.25) is 0 Å². The van der Waals surface area contributed by atoms with Crippen molar-refractivity contribution in [1.29, 1.82) is 0 Å². The number of carbonyl (C=O) groups is 3. The topological polar surface area (TPSA) is 91.1 Å². The smallest absolute Gasteiger partial charge is 0.308 e. The molecule has 1 aromatic heterocycles. The highest BCUT2D eigenvalue weighted by atomic mass is 16.4. The summed E-state index contributed by atoms with van der Waals surface area (Å²) in [6, 6.07) is 9.98. The average Bonchev–Trinajstić information content (AvgIpc) is 3.21. The fraction of sp³-hybridized carbons (Fsp3) is 0.316. The fourth-order valence-electron chi connectivity index (χ4n) is 3.16. The van der Waals surface area contributed by atoms with Crippen LogP contribution in [-0.2, 0) is 4.79 Å². The summed E-state index contributed by atoms with van der Waals surface area (Å²) in [5, 5.41) is 9.23. The number of furan rings is 1. The molecule has 0 saturated carbocycles. The fourth-order valence-corrected chi connectivity index (χ4v) is 3.16. The van der Waals surface area contributed by atoms with Crippen LogP contribution in [0.4, 0.5) is 5.69 Å². The summed E-state index contributed by atoms with van der Waals surface area (Å²) in [7, 11) is 1.58. The molecule has 2 amide bonds. The number of rotatable bonds is 4. The molecule has 0 unspecified atom stereocenters. The Morgan fingerprint density at radius 3 is 2.65 bits per heavy atom. The molecule has 1 N–H and O–H groups in total. The number of aliphatic carboxylic acids is 1. The summed E-state index contributed by atoms with van der Waals surface area (Å²) in [6.45, 7) is 0.686. The van der Waals surface area contributed by atoms with E-state index in [1.54, 1.807) is 48.3 Å². The number of anilines is 1. The van der Waals surface area contributed by atoms with Gasteiger partial charge in [-0.2, -0.15) is 0 Å². The lowest BCUT2D eigenvalue weighted by atomic mass is 9.97. The number of nitrogens with zero attached hydrogens (tertiary/aromatic N) is 2. The van der Waals surface area contributed by atoms with Crippen molar-refractivity contribution in [3.05, 3.63) is 54.0 Å². The summed E-state index contributed by atoms with van der Waals surface area (Å²) in [5.74, 6) is -1.90. The second-order valence-corrected chi connectivity index (χ2v) is 6.29. The number of carboxylic acids is 1. The van der Waals surface area contributed by atoms with Gasteiger partial charge in [0.1, 0.15) is 0 Å². The Morgan fingerprint density at radius 1 is 1.19 bits per heavy atom. The summed E-state index contributed by atoms with van der Waals surface area (Å²) < 4.78 is 5.14. The van der Waals surface area contributed by atoms with Crippen molar-refractivity contribution < 1.29 is 23.9 Å². The van der Waals surface area contributed by atoms with Crippen LogP contribution < -0.4 is 4.90 Å². The summed E-state index contributed by atoms with van der Waals surface area (Å²) in [4.78, 5) is 39.7. The Morgan fingerprint density at radius 2 is 1.96 bits per heavy atom. The number of hydrogen-bond donors (Lipinski definition) is 1. The molecular weight excluding hydrogens is 336 g/mol. The van der Waals surface area contributed by atoms with Crippen molar-refractivity contribution in [2.24, 2.45) is 5.92 Å². The molecular formula is C19H20N2O5. The second-order valence-electron chi connectivity index (χ2n) is 6.29. The molecule has 0 radical (unpaired) electrons. The summed E-state index contributed by atoms with van der Waals surface area (Å²) >= 11 is 0. The standard InChI is InChI=1S/C19H20N2O5/c1-20(18(23)16-9-5-11-26-16)15-8-3-2-7-14(15)17(22)21-10-4-6-13(12-21)19(24)25/h2-3,5,7-9,11,13H,4,6,10,12H2,1H3,(H,24,25)/t13-/m0/s1. The largest absolute Gasteiger partial charge is 0.481 e. The second kappa shape index (κ2) is 7.43. The molecule has 1 saturated heterocycles. The third kappa shape index (κ3) is 3.46. The molecule has 7 heteroatoms. The van der Waals surface area contributed by atoms with Gasteiger partial charge in [0.25, 0.3) is 11.8 Å². The van der Waals surface area contributed by atoms with Crippen molar-refractivity contribution in [3.63, 3.8) is 0 Å². The number of carbonyl (C=O) groups excluding carboxylic acids is 2. The molecule has 0 aliphatic carbocycles. The number of hydrogen-bond acceptors (Lipinski definition) is 4. The van der Waals surface area contributed by atoms with Crippen molar-refractivity contribution >= 4 is 23.5 Å². The van der Waals surface area contributed by atoms with Crippen molar-refractivity contribution in [1.82, 2.24) is 4.90 Å². The molecule has 3 rings (SSSR count). The van der Waals surface area contributed by atoms with Gasteiger partial charge in [-0.1, -0.05) is 12.1 Å². The minimum Gasteiger partial charge on any atom is -0.481 e. The van der Waals surface area contributed by atoms with Crippen LogP contribution in [0.5, 0.6) is 0 Å². The van der Waals surface area contributed by atoms with Gasteiger partial charge < -0.3 is 19.3 Å². The molecule has 0 bridgehead atoms. The molecule has 0 spiro atoms. The molecule has 1 atom stereocenters. The molecule has 1 aromatic carbocycles. The van der Waals surface area contributed by atoms with Crippen LogP contribution in [0.1, 0.15) is 33.8 Å². The maximum absolute atomic E-state index is 13.0. The van der Waals surface area contributed by atoms with Gasteiger partial charge in [0.15, 0.2) is 5.76 Å². The van der Waals surface area contributed by atoms with Gasteiger partial charge in [0, 0.05) is 20.1 Å². The highest BCUT2D eigenvalue weighted by molar-refractivity contribution is 6.09. The maximum Gasteiger partial charge on any atom is 0.308 e. The lowest BCUT2D eigenvalue weighted by Crippen LogP contribution is -2.43. The molecule has 2 aromatic rings. The first-order valence-corrected chi connectivity index (χ1v) is 8.41. The van der Waals surface area contributed by atoms with Gasteiger partial charge in [-0.3, -0.25) is 14.4 Å². The zero-order valence-corrected chi connectivity index (χ0v) is 14.4. The van der Waals surface area contributed by atoms with E-state index in [9.17, 15) is 19.5 Å². The van der Waals surface area contributed by atoms with E-state index in [0.29, 0.717) is 30.6 Å². The van der Waals surface area contributed by atoms with Gasteiger partial charge >= 0.3 is 5.97 Å². The Labute approximate surface area is 150 Å².